The molecule has 0 aliphatic carbocycles. The fraction of sp³-hybridized carbons (Fsp3) is 0.278. The molecule has 0 aromatic heterocycles. The van der Waals surface area contributed by atoms with E-state index in [1.165, 1.54) is 11.1 Å². The molecule has 0 radical (unpaired) electrons. The number of carbonyl (C=O) groups is 1. The summed E-state index contributed by atoms with van der Waals surface area (Å²) in [4.78, 5) is 11.8. The summed E-state index contributed by atoms with van der Waals surface area (Å²) in [6.07, 6.45) is 0.853. The number of ether oxygens (including phenoxy) is 2. The molecule has 0 fully saturated rings. The Hall–Kier alpha value is -2.33. The van der Waals surface area contributed by atoms with Gasteiger partial charge in [-0.25, -0.2) is 0 Å². The smallest absolute Gasteiger partial charge is 0.258 e. The molecule has 0 saturated carbocycles. The largest absolute Gasteiger partial charge is 0.484 e. The van der Waals surface area contributed by atoms with Gasteiger partial charge in [0.2, 0.25) is 0 Å². The molecular weight excluding hydrogens is 278 g/mol. The summed E-state index contributed by atoms with van der Waals surface area (Å²) in [5.41, 5.74) is 2.53. The van der Waals surface area contributed by atoms with Crippen molar-refractivity contribution in [2.75, 3.05) is 13.2 Å². The predicted octanol–water partition coefficient (Wildman–Crippen LogP) is 2.32. The van der Waals surface area contributed by atoms with Crippen LogP contribution in [0.5, 0.6) is 5.75 Å². The highest BCUT2D eigenvalue weighted by molar-refractivity contribution is 5.77. The molecule has 0 saturated heterocycles. The second-order valence-electron chi connectivity index (χ2n) is 5.31. The maximum absolute atomic E-state index is 11.8. The second kappa shape index (κ2) is 7.09. The van der Waals surface area contributed by atoms with Crippen LogP contribution in [0.25, 0.3) is 0 Å². The van der Waals surface area contributed by atoms with Gasteiger partial charge in [-0.1, -0.05) is 42.5 Å². The van der Waals surface area contributed by atoms with E-state index >= 15 is 0 Å². The van der Waals surface area contributed by atoms with E-state index < -0.39 is 0 Å². The molecule has 1 N–H and O–H groups in total. The van der Waals surface area contributed by atoms with Crippen molar-refractivity contribution < 1.29 is 14.3 Å². The van der Waals surface area contributed by atoms with Gasteiger partial charge in [-0.3, -0.25) is 4.79 Å². The van der Waals surface area contributed by atoms with Gasteiger partial charge in [-0.15, -0.1) is 0 Å². The third kappa shape index (κ3) is 3.86. The zero-order chi connectivity index (χ0) is 15.2. The zero-order valence-corrected chi connectivity index (χ0v) is 12.3. The van der Waals surface area contributed by atoms with Crippen molar-refractivity contribution in [2.24, 2.45) is 0 Å². The number of carbonyl (C=O) groups excluding carboxylic acids is 1. The van der Waals surface area contributed by atoms with Crippen molar-refractivity contribution in [3.63, 3.8) is 0 Å². The SMILES string of the molecule is O=C(COc1ccccc1)NCC1Cc2ccccc2CO1. The van der Waals surface area contributed by atoms with E-state index in [4.69, 9.17) is 9.47 Å². The van der Waals surface area contributed by atoms with Gasteiger partial charge in [0.1, 0.15) is 5.75 Å². The minimum atomic E-state index is -0.133. The first-order valence-corrected chi connectivity index (χ1v) is 7.44. The van der Waals surface area contributed by atoms with E-state index in [9.17, 15) is 4.79 Å². The first kappa shape index (κ1) is 14.6. The first-order valence-electron chi connectivity index (χ1n) is 7.44. The fourth-order valence-electron chi connectivity index (χ4n) is 2.48. The molecule has 1 heterocycles. The predicted molar refractivity (Wildman–Crippen MR) is 83.7 cm³/mol. The van der Waals surface area contributed by atoms with E-state index in [-0.39, 0.29) is 18.6 Å². The topological polar surface area (TPSA) is 47.6 Å². The molecule has 0 bridgehead atoms. The molecule has 4 heteroatoms. The molecule has 1 unspecified atom stereocenters. The Morgan fingerprint density at radius 2 is 1.82 bits per heavy atom. The van der Waals surface area contributed by atoms with Gasteiger partial charge in [-0.05, 0) is 23.3 Å². The lowest BCUT2D eigenvalue weighted by molar-refractivity contribution is -0.123. The average Bonchev–Trinajstić information content (AvgIpc) is 2.59. The van der Waals surface area contributed by atoms with Gasteiger partial charge in [0.15, 0.2) is 6.61 Å². The number of hydrogen-bond donors (Lipinski definition) is 1. The maximum Gasteiger partial charge on any atom is 0.258 e. The Balaban J connectivity index is 1.42. The lowest BCUT2D eigenvalue weighted by atomic mass is 9.99. The minimum Gasteiger partial charge on any atom is -0.484 e. The summed E-state index contributed by atoms with van der Waals surface area (Å²) in [5, 5.41) is 2.86. The number of fused-ring (bicyclic) bond motifs is 1. The molecule has 1 atom stereocenters. The van der Waals surface area contributed by atoms with Crippen LogP contribution < -0.4 is 10.1 Å². The van der Waals surface area contributed by atoms with Crippen molar-refractivity contribution in [1.82, 2.24) is 5.32 Å². The average molecular weight is 297 g/mol. The van der Waals surface area contributed by atoms with E-state index in [1.54, 1.807) is 0 Å². The molecule has 2 aromatic rings. The van der Waals surface area contributed by atoms with Crippen molar-refractivity contribution in [3.05, 3.63) is 65.7 Å². The molecule has 1 aliphatic heterocycles. The molecule has 22 heavy (non-hydrogen) atoms. The van der Waals surface area contributed by atoms with Gasteiger partial charge in [0, 0.05) is 13.0 Å². The van der Waals surface area contributed by atoms with Crippen LogP contribution in [0.4, 0.5) is 0 Å². The Morgan fingerprint density at radius 3 is 2.64 bits per heavy atom. The van der Waals surface area contributed by atoms with Crippen LogP contribution in [-0.4, -0.2) is 25.2 Å². The highest BCUT2D eigenvalue weighted by Crippen LogP contribution is 2.19. The van der Waals surface area contributed by atoms with Crippen molar-refractivity contribution in [2.45, 2.75) is 19.1 Å². The highest BCUT2D eigenvalue weighted by Gasteiger charge is 2.19. The quantitative estimate of drug-likeness (QED) is 0.921. The Bertz CT molecular complexity index is 627. The van der Waals surface area contributed by atoms with Gasteiger partial charge < -0.3 is 14.8 Å². The molecule has 1 amide bonds. The molecule has 114 valence electrons. The minimum absolute atomic E-state index is 0.0212. The van der Waals surface area contributed by atoms with Gasteiger partial charge in [0.05, 0.1) is 12.7 Å². The summed E-state index contributed by atoms with van der Waals surface area (Å²) < 4.78 is 11.2. The van der Waals surface area contributed by atoms with Crippen molar-refractivity contribution >= 4 is 5.91 Å². The molecule has 3 rings (SSSR count). The lowest BCUT2D eigenvalue weighted by Gasteiger charge is -2.25. The maximum atomic E-state index is 11.8. The number of para-hydroxylation sites is 1. The van der Waals surface area contributed by atoms with E-state index in [1.807, 2.05) is 42.5 Å². The molecule has 4 nitrogen and oxygen atoms in total. The van der Waals surface area contributed by atoms with E-state index in [2.05, 4.69) is 17.4 Å². The van der Waals surface area contributed by atoms with Gasteiger partial charge in [0.25, 0.3) is 5.91 Å². The normalized spacial score (nSPS) is 16.6. The summed E-state index contributed by atoms with van der Waals surface area (Å²) in [6.45, 7) is 1.13. The number of hydrogen-bond acceptors (Lipinski definition) is 3. The van der Waals surface area contributed by atoms with Crippen LogP contribution in [0.15, 0.2) is 54.6 Å². The zero-order valence-electron chi connectivity index (χ0n) is 12.3. The van der Waals surface area contributed by atoms with Crippen LogP contribution in [0.2, 0.25) is 0 Å². The van der Waals surface area contributed by atoms with E-state index in [0.717, 1.165) is 6.42 Å². The van der Waals surface area contributed by atoms with Gasteiger partial charge >= 0.3 is 0 Å². The van der Waals surface area contributed by atoms with Crippen LogP contribution in [0, 0.1) is 0 Å². The van der Waals surface area contributed by atoms with Crippen LogP contribution in [0.1, 0.15) is 11.1 Å². The number of amides is 1. The fourth-order valence-corrected chi connectivity index (χ4v) is 2.48. The van der Waals surface area contributed by atoms with Crippen LogP contribution in [0.3, 0.4) is 0 Å². The summed E-state index contributed by atoms with van der Waals surface area (Å²) in [5.74, 6) is 0.562. The van der Waals surface area contributed by atoms with Crippen LogP contribution in [-0.2, 0) is 22.6 Å². The summed E-state index contributed by atoms with van der Waals surface area (Å²) in [7, 11) is 0. The monoisotopic (exact) mass is 297 g/mol. The summed E-state index contributed by atoms with van der Waals surface area (Å²) >= 11 is 0. The van der Waals surface area contributed by atoms with Crippen molar-refractivity contribution in [1.29, 1.82) is 0 Å². The first-order chi connectivity index (χ1) is 10.8. The number of nitrogens with one attached hydrogen (secondary N) is 1. The second-order valence-corrected chi connectivity index (χ2v) is 5.31. The van der Waals surface area contributed by atoms with Gasteiger partial charge in [-0.2, -0.15) is 0 Å². The van der Waals surface area contributed by atoms with E-state index in [0.29, 0.717) is 18.9 Å². The number of benzene rings is 2. The Labute approximate surface area is 130 Å². The molecule has 2 aromatic carbocycles. The standard InChI is InChI=1S/C18H19NO3/c20-18(13-22-16-8-2-1-3-9-16)19-11-17-10-14-6-4-5-7-15(14)12-21-17/h1-9,17H,10-13H2,(H,19,20). The number of rotatable bonds is 5. The highest BCUT2D eigenvalue weighted by atomic mass is 16.5. The summed E-state index contributed by atoms with van der Waals surface area (Å²) in [6, 6.07) is 17.6. The third-order valence-electron chi connectivity index (χ3n) is 3.68. The molecule has 0 spiro atoms. The van der Waals surface area contributed by atoms with Crippen molar-refractivity contribution in [3.8, 4) is 5.75 Å². The van der Waals surface area contributed by atoms with Crippen LogP contribution >= 0.6 is 0 Å². The third-order valence-corrected chi connectivity index (χ3v) is 3.68. The molecule has 1 aliphatic rings. The Morgan fingerprint density at radius 1 is 1.09 bits per heavy atom. The Kier molecular flexibility index (Phi) is 4.71. The molecular formula is C18H19NO3. The lowest BCUT2D eigenvalue weighted by Crippen LogP contribution is -2.38.